The molecule has 2 N–H and O–H groups in total. The van der Waals surface area contributed by atoms with E-state index in [-0.39, 0.29) is 18.4 Å². The molecule has 0 spiro atoms. The number of carbonyl (C=O) groups is 1. The fourth-order valence-electron chi connectivity index (χ4n) is 4.37. The monoisotopic (exact) mass is 534 g/mol. The molecule has 0 bridgehead atoms. The first kappa shape index (κ1) is 24.8. The third-order valence-electron chi connectivity index (χ3n) is 6.38. The van der Waals surface area contributed by atoms with Crippen molar-refractivity contribution in [3.05, 3.63) is 116 Å². The van der Waals surface area contributed by atoms with Gasteiger partial charge in [0, 0.05) is 16.0 Å². The second-order valence-electron chi connectivity index (χ2n) is 8.85. The van der Waals surface area contributed by atoms with Crippen molar-refractivity contribution in [3.8, 4) is 0 Å². The molecule has 1 aromatic heterocycles. The van der Waals surface area contributed by atoms with Crippen molar-refractivity contribution in [2.45, 2.75) is 25.4 Å². The number of primary amides is 1. The predicted octanol–water partition coefficient (Wildman–Crippen LogP) is 4.45. The SMILES string of the molecule is C[C@H](C(N)=O)n1c(N2C[C@H](c3ccccc3)C(c3ccc(Cl)cc3)=N2)nn(Cc2ccc(Cl)cc2)c1=O. The van der Waals surface area contributed by atoms with Crippen molar-refractivity contribution < 1.29 is 4.79 Å². The molecule has 37 heavy (non-hydrogen) atoms. The third kappa shape index (κ3) is 5.03. The van der Waals surface area contributed by atoms with E-state index in [2.05, 4.69) is 5.10 Å². The minimum absolute atomic E-state index is 0.101. The highest BCUT2D eigenvalue weighted by Crippen LogP contribution is 2.32. The molecule has 1 aliphatic heterocycles. The van der Waals surface area contributed by atoms with Crippen LogP contribution in [0.15, 0.2) is 88.8 Å². The molecule has 0 radical (unpaired) electrons. The number of hydrogen-bond acceptors (Lipinski definition) is 5. The zero-order valence-corrected chi connectivity index (χ0v) is 21.5. The number of halogens is 2. The summed E-state index contributed by atoms with van der Waals surface area (Å²) in [6.45, 7) is 2.20. The Labute approximate surface area is 223 Å². The van der Waals surface area contributed by atoms with Gasteiger partial charge in [0.25, 0.3) is 0 Å². The van der Waals surface area contributed by atoms with Gasteiger partial charge in [0.1, 0.15) is 6.04 Å². The molecule has 0 saturated heterocycles. The standard InChI is InChI=1S/C27H24Cl2N6O2/c1-17(25(30)36)35-26(32-34(27(35)37)15-18-7-11-21(28)12-8-18)33-16-23(19-5-3-2-4-6-19)24(31-33)20-9-13-22(29)14-10-20/h2-14,17,23H,15-16H2,1H3,(H2,30,36)/t17-,23-/m1/s1. The van der Waals surface area contributed by atoms with Crippen molar-refractivity contribution in [1.82, 2.24) is 14.3 Å². The quantitative estimate of drug-likeness (QED) is 0.378. The Hall–Kier alpha value is -3.88. The van der Waals surface area contributed by atoms with Crippen molar-refractivity contribution in [3.63, 3.8) is 0 Å². The van der Waals surface area contributed by atoms with Crippen LogP contribution in [0.4, 0.5) is 5.95 Å². The Morgan fingerprint density at radius 2 is 1.62 bits per heavy atom. The number of benzene rings is 3. The number of hydrogen-bond donors (Lipinski definition) is 1. The average molecular weight is 535 g/mol. The summed E-state index contributed by atoms with van der Waals surface area (Å²) in [6, 6.07) is 23.7. The minimum Gasteiger partial charge on any atom is -0.368 e. The smallest absolute Gasteiger partial charge is 0.348 e. The Morgan fingerprint density at radius 3 is 2.24 bits per heavy atom. The largest absolute Gasteiger partial charge is 0.368 e. The van der Waals surface area contributed by atoms with Gasteiger partial charge in [-0.1, -0.05) is 77.8 Å². The van der Waals surface area contributed by atoms with E-state index in [1.54, 1.807) is 24.1 Å². The maximum atomic E-state index is 13.4. The van der Waals surface area contributed by atoms with Gasteiger partial charge in [0.15, 0.2) is 0 Å². The minimum atomic E-state index is -0.925. The van der Waals surface area contributed by atoms with E-state index in [1.165, 1.54) is 9.25 Å². The molecule has 4 aromatic rings. The Bertz CT molecular complexity index is 1510. The van der Waals surface area contributed by atoms with Crippen LogP contribution in [0.25, 0.3) is 0 Å². The maximum Gasteiger partial charge on any atom is 0.348 e. The highest BCUT2D eigenvalue weighted by Gasteiger charge is 2.34. The maximum absolute atomic E-state index is 13.4. The van der Waals surface area contributed by atoms with Crippen LogP contribution in [0, 0.1) is 0 Å². The average Bonchev–Trinajstić information content (AvgIpc) is 3.48. The van der Waals surface area contributed by atoms with Crippen LogP contribution < -0.4 is 16.4 Å². The molecule has 8 nitrogen and oxygen atoms in total. The number of rotatable bonds is 7. The third-order valence-corrected chi connectivity index (χ3v) is 6.89. The van der Waals surface area contributed by atoms with Gasteiger partial charge in [-0.05, 0) is 47.9 Å². The zero-order valence-electron chi connectivity index (χ0n) is 20.0. The molecular weight excluding hydrogens is 511 g/mol. The molecule has 2 heterocycles. The van der Waals surface area contributed by atoms with Gasteiger partial charge < -0.3 is 5.73 Å². The first-order valence-electron chi connectivity index (χ1n) is 11.7. The predicted molar refractivity (Wildman–Crippen MR) is 145 cm³/mol. The Balaban J connectivity index is 1.60. The number of amides is 1. The van der Waals surface area contributed by atoms with Crippen LogP contribution in [-0.4, -0.2) is 32.5 Å². The number of hydrazone groups is 1. The van der Waals surface area contributed by atoms with Crippen LogP contribution in [0.3, 0.4) is 0 Å². The van der Waals surface area contributed by atoms with E-state index in [1.807, 2.05) is 66.7 Å². The van der Waals surface area contributed by atoms with Gasteiger partial charge in [0.2, 0.25) is 11.9 Å². The fraction of sp³-hybridized carbons (Fsp3) is 0.185. The highest BCUT2D eigenvalue weighted by molar-refractivity contribution is 6.31. The zero-order chi connectivity index (χ0) is 26.1. The van der Waals surface area contributed by atoms with Crippen LogP contribution in [0.5, 0.6) is 0 Å². The van der Waals surface area contributed by atoms with Gasteiger partial charge in [-0.25, -0.2) is 19.1 Å². The second kappa shape index (κ2) is 10.2. The van der Waals surface area contributed by atoms with E-state index in [9.17, 15) is 9.59 Å². The van der Waals surface area contributed by atoms with Crippen LogP contribution in [-0.2, 0) is 11.3 Å². The Kier molecular flexibility index (Phi) is 6.86. The first-order chi connectivity index (χ1) is 17.8. The van der Waals surface area contributed by atoms with E-state index in [4.69, 9.17) is 34.0 Å². The lowest BCUT2D eigenvalue weighted by molar-refractivity contribution is -0.120. The van der Waals surface area contributed by atoms with Gasteiger partial charge >= 0.3 is 5.69 Å². The molecule has 1 aliphatic rings. The van der Waals surface area contributed by atoms with Crippen molar-refractivity contribution in [2.75, 3.05) is 11.6 Å². The Morgan fingerprint density at radius 1 is 1.00 bits per heavy atom. The van der Waals surface area contributed by atoms with Crippen molar-refractivity contribution in [1.29, 1.82) is 0 Å². The summed E-state index contributed by atoms with van der Waals surface area (Å²) in [7, 11) is 0. The highest BCUT2D eigenvalue weighted by atomic mass is 35.5. The molecule has 2 atom stereocenters. The molecule has 188 valence electrons. The van der Waals surface area contributed by atoms with E-state index in [0.717, 1.165) is 22.4 Å². The van der Waals surface area contributed by atoms with Gasteiger partial charge in [0.05, 0.1) is 18.8 Å². The summed E-state index contributed by atoms with van der Waals surface area (Å²) < 4.78 is 2.61. The molecule has 0 fully saturated rings. The van der Waals surface area contributed by atoms with Crippen molar-refractivity contribution in [2.24, 2.45) is 10.8 Å². The summed E-state index contributed by atoms with van der Waals surface area (Å²) in [4.78, 5) is 25.6. The first-order valence-corrected chi connectivity index (χ1v) is 12.5. The summed E-state index contributed by atoms with van der Waals surface area (Å²) in [5, 5.41) is 12.4. The number of aromatic nitrogens is 3. The molecule has 3 aromatic carbocycles. The second-order valence-corrected chi connectivity index (χ2v) is 9.73. The lowest BCUT2D eigenvalue weighted by atomic mass is 9.91. The fourth-order valence-corrected chi connectivity index (χ4v) is 4.62. The summed E-state index contributed by atoms with van der Waals surface area (Å²) in [5.41, 5.74) is 8.77. The summed E-state index contributed by atoms with van der Waals surface area (Å²) in [5.74, 6) is -0.499. The van der Waals surface area contributed by atoms with E-state index >= 15 is 0 Å². The van der Waals surface area contributed by atoms with Crippen LogP contribution >= 0.6 is 23.2 Å². The summed E-state index contributed by atoms with van der Waals surface area (Å²) in [6.07, 6.45) is 0. The molecule has 10 heteroatoms. The number of nitrogens with zero attached hydrogens (tertiary/aromatic N) is 5. The molecule has 1 amide bonds. The summed E-state index contributed by atoms with van der Waals surface area (Å²) >= 11 is 12.1. The molecular formula is C27H24Cl2N6O2. The molecule has 0 saturated carbocycles. The topological polar surface area (TPSA) is 98.5 Å². The lowest BCUT2D eigenvalue weighted by Crippen LogP contribution is -2.35. The normalized spacial score (nSPS) is 16.0. The molecule has 0 unspecified atom stereocenters. The lowest BCUT2D eigenvalue weighted by Gasteiger charge is -2.18. The molecule has 0 aliphatic carbocycles. The van der Waals surface area contributed by atoms with Crippen molar-refractivity contribution >= 4 is 40.8 Å². The number of nitrogens with two attached hydrogens (primary N) is 1. The van der Waals surface area contributed by atoms with E-state index in [0.29, 0.717) is 16.6 Å². The van der Waals surface area contributed by atoms with Gasteiger partial charge in [-0.2, -0.15) is 5.10 Å². The number of carbonyl (C=O) groups excluding carboxylic acids is 1. The van der Waals surface area contributed by atoms with Gasteiger partial charge in [-0.3, -0.25) is 4.79 Å². The van der Waals surface area contributed by atoms with E-state index < -0.39 is 17.6 Å². The van der Waals surface area contributed by atoms with Gasteiger partial charge in [-0.15, -0.1) is 5.10 Å². The van der Waals surface area contributed by atoms with Crippen LogP contribution in [0.1, 0.15) is 35.6 Å². The molecule has 5 rings (SSSR count). The number of anilines is 1. The van der Waals surface area contributed by atoms with Crippen LogP contribution in [0.2, 0.25) is 10.0 Å².